The molecule has 0 amide bonds. The van der Waals surface area contributed by atoms with E-state index in [9.17, 15) is 0 Å². The molecule has 0 bridgehead atoms. The fraction of sp³-hybridized carbons (Fsp3) is 0.778. The van der Waals surface area contributed by atoms with Crippen molar-refractivity contribution in [3.63, 3.8) is 0 Å². The highest BCUT2D eigenvalue weighted by Crippen LogP contribution is 2.61. The molecule has 1 fully saturated rings. The maximum atomic E-state index is 4.04. The first kappa shape index (κ1) is 6.85. The molecular formula is C9H16. The number of allylic oxidation sites excluding steroid dienone is 1. The van der Waals surface area contributed by atoms with Gasteiger partial charge in [0.05, 0.1) is 0 Å². The standard InChI is InChI=1S/C9H16/c1-5-9(6-2)7(3)8(9)4/h8H,3,5-6H2,1-2,4H3. The van der Waals surface area contributed by atoms with E-state index in [1.54, 1.807) is 0 Å². The normalized spacial score (nSPS) is 30.6. The van der Waals surface area contributed by atoms with Crippen LogP contribution in [-0.2, 0) is 0 Å². The Bertz CT molecular complexity index is 129. The van der Waals surface area contributed by atoms with E-state index in [-0.39, 0.29) is 0 Å². The van der Waals surface area contributed by atoms with Crippen molar-refractivity contribution in [3.8, 4) is 0 Å². The highest BCUT2D eigenvalue weighted by molar-refractivity contribution is 5.33. The summed E-state index contributed by atoms with van der Waals surface area (Å²) < 4.78 is 0. The second kappa shape index (κ2) is 1.86. The highest BCUT2D eigenvalue weighted by atomic mass is 14.6. The Kier molecular flexibility index (Phi) is 1.42. The third-order valence-corrected chi connectivity index (χ3v) is 3.17. The molecule has 1 unspecified atom stereocenters. The number of rotatable bonds is 2. The molecule has 1 aliphatic carbocycles. The molecule has 1 saturated carbocycles. The van der Waals surface area contributed by atoms with Crippen LogP contribution < -0.4 is 0 Å². The second-order valence-electron chi connectivity index (χ2n) is 3.11. The van der Waals surface area contributed by atoms with E-state index in [0.29, 0.717) is 5.41 Å². The summed E-state index contributed by atoms with van der Waals surface area (Å²) in [5, 5.41) is 0. The fourth-order valence-electron chi connectivity index (χ4n) is 2.00. The molecule has 1 atom stereocenters. The van der Waals surface area contributed by atoms with Crippen LogP contribution in [-0.4, -0.2) is 0 Å². The quantitative estimate of drug-likeness (QED) is 0.496. The highest BCUT2D eigenvalue weighted by Gasteiger charge is 2.51. The summed E-state index contributed by atoms with van der Waals surface area (Å²) in [6, 6.07) is 0. The van der Waals surface area contributed by atoms with Crippen molar-refractivity contribution in [2.75, 3.05) is 0 Å². The molecule has 0 heterocycles. The predicted molar refractivity (Wildman–Crippen MR) is 41.3 cm³/mol. The van der Waals surface area contributed by atoms with Gasteiger partial charge in [0.15, 0.2) is 0 Å². The summed E-state index contributed by atoms with van der Waals surface area (Å²) in [6.45, 7) is 10.9. The molecule has 9 heavy (non-hydrogen) atoms. The summed E-state index contributed by atoms with van der Waals surface area (Å²) in [5.74, 6) is 0.799. The maximum absolute atomic E-state index is 4.04. The monoisotopic (exact) mass is 124 g/mol. The van der Waals surface area contributed by atoms with Gasteiger partial charge < -0.3 is 0 Å². The molecule has 1 rings (SSSR count). The Balaban J connectivity index is 2.65. The lowest BCUT2D eigenvalue weighted by molar-refractivity contribution is 0.446. The summed E-state index contributed by atoms with van der Waals surface area (Å²) in [6.07, 6.45) is 2.56. The van der Waals surface area contributed by atoms with Crippen LogP contribution in [0.15, 0.2) is 12.2 Å². The van der Waals surface area contributed by atoms with E-state index in [4.69, 9.17) is 0 Å². The van der Waals surface area contributed by atoms with Crippen molar-refractivity contribution in [2.45, 2.75) is 33.6 Å². The van der Waals surface area contributed by atoms with Crippen molar-refractivity contribution in [1.29, 1.82) is 0 Å². The lowest BCUT2D eigenvalue weighted by atomic mass is 9.97. The molecule has 0 aromatic carbocycles. The van der Waals surface area contributed by atoms with Crippen LogP contribution >= 0.6 is 0 Å². The van der Waals surface area contributed by atoms with Crippen LogP contribution in [0, 0.1) is 11.3 Å². The van der Waals surface area contributed by atoms with Gasteiger partial charge in [0.1, 0.15) is 0 Å². The lowest BCUT2D eigenvalue weighted by Crippen LogP contribution is -1.97. The van der Waals surface area contributed by atoms with Crippen molar-refractivity contribution < 1.29 is 0 Å². The average Bonchev–Trinajstić information content (AvgIpc) is 2.39. The Morgan fingerprint density at radius 1 is 1.44 bits per heavy atom. The smallest absolute Gasteiger partial charge is 0.00302 e. The van der Waals surface area contributed by atoms with Crippen molar-refractivity contribution in [1.82, 2.24) is 0 Å². The Morgan fingerprint density at radius 2 is 1.78 bits per heavy atom. The van der Waals surface area contributed by atoms with Gasteiger partial charge in [-0.25, -0.2) is 0 Å². The molecule has 1 aliphatic rings. The number of hydrogen-bond donors (Lipinski definition) is 0. The molecular weight excluding hydrogens is 108 g/mol. The van der Waals surface area contributed by atoms with E-state index < -0.39 is 0 Å². The lowest BCUT2D eigenvalue weighted by Gasteiger charge is -2.07. The molecule has 0 aromatic heterocycles. The van der Waals surface area contributed by atoms with Crippen LogP contribution in [0.25, 0.3) is 0 Å². The van der Waals surface area contributed by atoms with Gasteiger partial charge in [-0.05, 0) is 24.2 Å². The molecule has 0 N–H and O–H groups in total. The Labute approximate surface area is 58.0 Å². The van der Waals surface area contributed by atoms with E-state index in [0.717, 1.165) is 5.92 Å². The SMILES string of the molecule is C=C1C(C)C1(CC)CC. The summed E-state index contributed by atoms with van der Waals surface area (Å²) in [5.41, 5.74) is 2.03. The van der Waals surface area contributed by atoms with Gasteiger partial charge in [0.2, 0.25) is 0 Å². The van der Waals surface area contributed by atoms with Gasteiger partial charge in [0.25, 0.3) is 0 Å². The van der Waals surface area contributed by atoms with Crippen LogP contribution in [0.4, 0.5) is 0 Å². The third-order valence-electron chi connectivity index (χ3n) is 3.17. The van der Waals surface area contributed by atoms with Crippen LogP contribution in [0.2, 0.25) is 0 Å². The van der Waals surface area contributed by atoms with Crippen LogP contribution in [0.5, 0.6) is 0 Å². The third kappa shape index (κ3) is 0.654. The molecule has 52 valence electrons. The van der Waals surface area contributed by atoms with E-state index >= 15 is 0 Å². The minimum Gasteiger partial charge on any atom is -0.0990 e. The van der Waals surface area contributed by atoms with Crippen molar-refractivity contribution >= 4 is 0 Å². The second-order valence-corrected chi connectivity index (χ2v) is 3.11. The molecule has 0 spiro atoms. The number of hydrogen-bond acceptors (Lipinski definition) is 0. The molecule has 0 aliphatic heterocycles. The van der Waals surface area contributed by atoms with Gasteiger partial charge in [-0.2, -0.15) is 0 Å². The predicted octanol–water partition coefficient (Wildman–Crippen LogP) is 3.00. The first-order valence-electron chi connectivity index (χ1n) is 3.88. The Hall–Kier alpha value is -0.260. The van der Waals surface area contributed by atoms with Gasteiger partial charge in [-0.3, -0.25) is 0 Å². The first-order chi connectivity index (χ1) is 4.19. The van der Waals surface area contributed by atoms with E-state index in [1.165, 1.54) is 18.4 Å². The topological polar surface area (TPSA) is 0 Å². The fourth-order valence-corrected chi connectivity index (χ4v) is 2.00. The van der Waals surface area contributed by atoms with Crippen molar-refractivity contribution in [3.05, 3.63) is 12.2 Å². The molecule has 0 saturated heterocycles. The van der Waals surface area contributed by atoms with Gasteiger partial charge >= 0.3 is 0 Å². The minimum atomic E-state index is 0.556. The Morgan fingerprint density at radius 3 is 1.78 bits per heavy atom. The zero-order valence-electron chi connectivity index (χ0n) is 6.70. The summed E-state index contributed by atoms with van der Waals surface area (Å²) in [7, 11) is 0. The molecule has 0 heteroatoms. The van der Waals surface area contributed by atoms with Crippen LogP contribution in [0.3, 0.4) is 0 Å². The molecule has 0 radical (unpaired) electrons. The van der Waals surface area contributed by atoms with E-state index in [2.05, 4.69) is 27.4 Å². The zero-order chi connectivity index (χ0) is 7.07. The van der Waals surface area contributed by atoms with Gasteiger partial charge in [0, 0.05) is 0 Å². The van der Waals surface area contributed by atoms with Crippen LogP contribution in [0.1, 0.15) is 33.6 Å². The van der Waals surface area contributed by atoms with Crippen molar-refractivity contribution in [2.24, 2.45) is 11.3 Å². The first-order valence-corrected chi connectivity index (χ1v) is 3.88. The van der Waals surface area contributed by atoms with E-state index in [1.807, 2.05) is 0 Å². The molecule has 0 aromatic rings. The average molecular weight is 124 g/mol. The largest absolute Gasteiger partial charge is 0.0990 e. The van der Waals surface area contributed by atoms with Gasteiger partial charge in [-0.1, -0.05) is 32.9 Å². The summed E-state index contributed by atoms with van der Waals surface area (Å²) >= 11 is 0. The maximum Gasteiger partial charge on any atom is -0.00302 e. The zero-order valence-corrected chi connectivity index (χ0v) is 6.70. The van der Waals surface area contributed by atoms with Gasteiger partial charge in [-0.15, -0.1) is 0 Å². The minimum absolute atomic E-state index is 0.556. The summed E-state index contributed by atoms with van der Waals surface area (Å²) in [4.78, 5) is 0. The molecule has 0 nitrogen and oxygen atoms in total.